The van der Waals surface area contributed by atoms with E-state index in [1.54, 1.807) is 21.0 Å². The van der Waals surface area contributed by atoms with Gasteiger partial charge in [-0.25, -0.2) is 0 Å². The van der Waals surface area contributed by atoms with Crippen molar-refractivity contribution in [3.63, 3.8) is 0 Å². The maximum absolute atomic E-state index is 10.7. The van der Waals surface area contributed by atoms with Gasteiger partial charge >= 0.3 is 0 Å². The van der Waals surface area contributed by atoms with Crippen LogP contribution in [0.3, 0.4) is 0 Å². The summed E-state index contributed by atoms with van der Waals surface area (Å²) in [6.45, 7) is 6.52. The molecule has 0 aliphatic carbocycles. The predicted molar refractivity (Wildman–Crippen MR) is 109 cm³/mol. The monoisotopic (exact) mass is 378 g/mol. The van der Waals surface area contributed by atoms with Crippen LogP contribution in [0.5, 0.6) is 0 Å². The molecular formula is C15H30N4O3S2. The summed E-state index contributed by atoms with van der Waals surface area (Å²) in [5.41, 5.74) is 5.60. The molecule has 0 aromatic rings. The number of thiocarbonyl (C=S) groups is 2. The number of likely N-dealkylation sites (N-methyl/N-ethyl adjacent to an activating group) is 2. The number of carbonyl (C=O) groups is 3. The minimum Gasteiger partial charge on any atom is -0.382 e. The van der Waals surface area contributed by atoms with Crippen LogP contribution in [-0.2, 0) is 14.4 Å². The fourth-order valence-corrected chi connectivity index (χ4v) is 0.547. The molecule has 7 nitrogen and oxygen atoms in total. The first kappa shape index (κ1) is 30.3. The summed E-state index contributed by atoms with van der Waals surface area (Å²) in [6.07, 6.45) is 0. The van der Waals surface area contributed by atoms with Crippen LogP contribution in [0.25, 0.3) is 0 Å². The molecule has 0 aromatic carbocycles. The highest BCUT2D eigenvalue weighted by atomic mass is 32.1. The molecule has 0 aliphatic heterocycles. The van der Waals surface area contributed by atoms with Gasteiger partial charge in [-0.15, -0.1) is 0 Å². The SMILES string of the molecule is C.CC(=O)C(C)=O.CNC(=S)CN.CNC(=S)CN=C(C)C(C)=O. The number of nitrogens with zero attached hydrogens (tertiary/aromatic N) is 1. The van der Waals surface area contributed by atoms with Crippen molar-refractivity contribution in [2.45, 2.75) is 35.1 Å². The number of carbonyl (C=O) groups excluding carboxylic acids is 3. The number of nitrogens with one attached hydrogen (secondary N) is 2. The second-order valence-corrected chi connectivity index (χ2v) is 5.11. The average molecular weight is 379 g/mol. The molecule has 0 radical (unpaired) electrons. The van der Waals surface area contributed by atoms with Crippen LogP contribution in [-0.4, -0.2) is 60.2 Å². The third-order valence-electron chi connectivity index (χ3n) is 2.21. The van der Waals surface area contributed by atoms with Crippen molar-refractivity contribution in [3.8, 4) is 0 Å². The van der Waals surface area contributed by atoms with Crippen LogP contribution in [0.2, 0.25) is 0 Å². The molecule has 0 unspecified atom stereocenters. The Morgan fingerprint density at radius 3 is 1.42 bits per heavy atom. The molecule has 0 rings (SSSR count). The van der Waals surface area contributed by atoms with E-state index in [1.165, 1.54) is 20.8 Å². The summed E-state index contributed by atoms with van der Waals surface area (Å²) in [7, 11) is 3.50. The maximum Gasteiger partial charge on any atom is 0.195 e. The zero-order valence-electron chi connectivity index (χ0n) is 14.5. The maximum atomic E-state index is 10.7. The van der Waals surface area contributed by atoms with E-state index >= 15 is 0 Å². The van der Waals surface area contributed by atoms with Gasteiger partial charge in [0.2, 0.25) is 0 Å². The summed E-state index contributed by atoms with van der Waals surface area (Å²) in [5.74, 6) is -0.770. The number of aliphatic imine (C=N–C) groups is 1. The Balaban J connectivity index is -0.000000132. The van der Waals surface area contributed by atoms with Gasteiger partial charge in [-0.2, -0.15) is 0 Å². The first-order chi connectivity index (χ1) is 10.5. The normalized spacial score (nSPS) is 8.88. The lowest BCUT2D eigenvalue weighted by Crippen LogP contribution is -2.24. The van der Waals surface area contributed by atoms with Crippen molar-refractivity contribution in [2.75, 3.05) is 27.2 Å². The Bertz CT molecular complexity index is 446. The van der Waals surface area contributed by atoms with Crippen LogP contribution in [0.1, 0.15) is 35.1 Å². The lowest BCUT2D eigenvalue weighted by atomic mass is 10.3. The van der Waals surface area contributed by atoms with Crippen LogP contribution in [0.4, 0.5) is 0 Å². The minimum absolute atomic E-state index is 0. The summed E-state index contributed by atoms with van der Waals surface area (Å²) in [5, 5.41) is 5.49. The summed E-state index contributed by atoms with van der Waals surface area (Å²) < 4.78 is 0. The smallest absolute Gasteiger partial charge is 0.195 e. The Morgan fingerprint density at radius 1 is 0.875 bits per heavy atom. The van der Waals surface area contributed by atoms with Crippen molar-refractivity contribution >= 4 is 57.5 Å². The second kappa shape index (κ2) is 19.5. The molecule has 0 amide bonds. The van der Waals surface area contributed by atoms with E-state index < -0.39 is 0 Å². The van der Waals surface area contributed by atoms with Crippen molar-refractivity contribution in [1.82, 2.24) is 10.6 Å². The van der Waals surface area contributed by atoms with Crippen molar-refractivity contribution in [3.05, 3.63) is 0 Å². The Kier molecular flexibility index (Phi) is 24.6. The molecule has 0 saturated heterocycles. The largest absolute Gasteiger partial charge is 0.382 e. The van der Waals surface area contributed by atoms with Gasteiger partial charge < -0.3 is 16.4 Å². The van der Waals surface area contributed by atoms with E-state index in [0.717, 1.165) is 0 Å². The molecule has 4 N–H and O–H groups in total. The van der Waals surface area contributed by atoms with Gasteiger partial charge in [0.25, 0.3) is 0 Å². The average Bonchev–Trinajstić information content (AvgIpc) is 2.52. The molecule has 0 saturated carbocycles. The van der Waals surface area contributed by atoms with Crippen LogP contribution < -0.4 is 16.4 Å². The molecule has 9 heteroatoms. The Labute approximate surface area is 155 Å². The molecule has 0 atom stereocenters. The van der Waals surface area contributed by atoms with Gasteiger partial charge in [-0.3, -0.25) is 19.4 Å². The molecule has 0 bridgehead atoms. The lowest BCUT2D eigenvalue weighted by molar-refractivity contribution is -0.134. The van der Waals surface area contributed by atoms with E-state index in [1.807, 2.05) is 0 Å². The highest BCUT2D eigenvalue weighted by Crippen LogP contribution is 1.81. The van der Waals surface area contributed by atoms with E-state index in [9.17, 15) is 14.4 Å². The highest BCUT2D eigenvalue weighted by molar-refractivity contribution is 7.80. The van der Waals surface area contributed by atoms with Crippen molar-refractivity contribution < 1.29 is 14.4 Å². The molecule has 0 fully saturated rings. The summed E-state index contributed by atoms with van der Waals surface area (Å²) >= 11 is 9.45. The second-order valence-electron chi connectivity index (χ2n) is 4.12. The van der Waals surface area contributed by atoms with Crippen LogP contribution in [0.15, 0.2) is 4.99 Å². The molecule has 0 aliphatic rings. The molecule has 0 heterocycles. The zero-order chi connectivity index (χ0) is 19.0. The van der Waals surface area contributed by atoms with E-state index in [-0.39, 0.29) is 24.8 Å². The molecule has 0 aromatic heterocycles. The number of Topliss-reactive ketones (excluding diaryl/α,β-unsaturated/α-hetero) is 3. The van der Waals surface area contributed by atoms with Gasteiger partial charge in [-0.1, -0.05) is 31.9 Å². The van der Waals surface area contributed by atoms with Crippen LogP contribution in [0, 0.1) is 0 Å². The van der Waals surface area contributed by atoms with Crippen molar-refractivity contribution in [2.24, 2.45) is 10.7 Å². The summed E-state index contributed by atoms with van der Waals surface area (Å²) in [4.78, 5) is 35.5. The number of ketones is 3. The first-order valence-corrected chi connectivity index (χ1v) is 7.49. The third-order valence-corrected chi connectivity index (χ3v) is 2.91. The number of hydrogen-bond donors (Lipinski definition) is 3. The van der Waals surface area contributed by atoms with E-state index in [0.29, 0.717) is 28.8 Å². The topological polar surface area (TPSA) is 114 Å². The summed E-state index contributed by atoms with van der Waals surface area (Å²) in [6, 6.07) is 0. The van der Waals surface area contributed by atoms with E-state index in [4.69, 9.17) is 18.0 Å². The number of nitrogens with two attached hydrogens (primary N) is 1. The predicted octanol–water partition coefficient (Wildman–Crippen LogP) is 0.876. The molecule has 0 spiro atoms. The first-order valence-electron chi connectivity index (χ1n) is 6.68. The van der Waals surface area contributed by atoms with Gasteiger partial charge in [0, 0.05) is 41.4 Å². The Morgan fingerprint density at radius 2 is 1.25 bits per heavy atom. The molecule has 24 heavy (non-hydrogen) atoms. The lowest BCUT2D eigenvalue weighted by Gasteiger charge is -1.97. The minimum atomic E-state index is -0.380. The molecular weight excluding hydrogens is 348 g/mol. The fourth-order valence-electron chi connectivity index (χ4n) is 0.483. The number of hydrogen-bond acceptors (Lipinski definition) is 7. The zero-order valence-corrected chi connectivity index (χ0v) is 16.1. The third kappa shape index (κ3) is 25.4. The Hall–Kier alpha value is -1.58. The molecule has 140 valence electrons. The van der Waals surface area contributed by atoms with Gasteiger partial charge in [0.1, 0.15) is 0 Å². The number of rotatable bonds is 5. The van der Waals surface area contributed by atoms with Crippen LogP contribution >= 0.6 is 24.4 Å². The van der Waals surface area contributed by atoms with Gasteiger partial charge in [-0.05, 0) is 6.92 Å². The van der Waals surface area contributed by atoms with Gasteiger partial charge in [0.05, 0.1) is 22.2 Å². The fraction of sp³-hybridized carbons (Fsp3) is 0.600. The van der Waals surface area contributed by atoms with Gasteiger partial charge in [0.15, 0.2) is 17.3 Å². The highest BCUT2D eigenvalue weighted by Gasteiger charge is 1.97. The quantitative estimate of drug-likeness (QED) is 0.367. The van der Waals surface area contributed by atoms with Crippen molar-refractivity contribution in [1.29, 1.82) is 0 Å². The van der Waals surface area contributed by atoms with E-state index in [2.05, 4.69) is 27.8 Å². The standard InChI is InChI=1S/C7H12N2OS.C4H6O2.C3H8N2S.CH4/c1-5(6(2)10)9-4-7(11)8-3;1-3(5)4(2)6;1-5-3(6)2-4;/h4H2,1-3H3,(H,8,11);1-2H3;2,4H2,1H3,(H,5,6);1H4.